The first-order chi connectivity index (χ1) is 13.2. The average Bonchev–Trinajstić information content (AvgIpc) is 2.66. The molecule has 0 aliphatic carbocycles. The molecule has 28 heavy (non-hydrogen) atoms. The lowest BCUT2D eigenvalue weighted by molar-refractivity contribution is 0.408. The second-order valence-corrected chi connectivity index (χ2v) is 8.96. The van der Waals surface area contributed by atoms with Crippen LogP contribution in [0.1, 0.15) is 49.1 Å². The van der Waals surface area contributed by atoms with Crippen LogP contribution in [0.4, 0.5) is 0 Å². The van der Waals surface area contributed by atoms with Crippen molar-refractivity contribution in [1.29, 1.82) is 0 Å². The van der Waals surface area contributed by atoms with Crippen LogP contribution in [0.25, 0.3) is 0 Å². The minimum atomic E-state index is -3.41. The van der Waals surface area contributed by atoms with Crippen LogP contribution in [0.5, 0.6) is 5.75 Å². The van der Waals surface area contributed by atoms with Gasteiger partial charge in [-0.3, -0.25) is 0 Å². The molecule has 0 bridgehead atoms. The van der Waals surface area contributed by atoms with Gasteiger partial charge in [-0.05, 0) is 55.2 Å². The lowest BCUT2D eigenvalue weighted by Gasteiger charge is -2.19. The number of nitrogens with one attached hydrogen (secondary N) is 1. The molecule has 154 valence electrons. The molecule has 0 fully saturated rings. The summed E-state index contributed by atoms with van der Waals surface area (Å²) in [5.74, 6) is 0.932. The number of sulfonamides is 1. The largest absolute Gasteiger partial charge is 0.496 e. The quantitative estimate of drug-likeness (QED) is 0.681. The van der Waals surface area contributed by atoms with Crippen molar-refractivity contribution in [2.75, 3.05) is 20.2 Å². The van der Waals surface area contributed by atoms with Crippen molar-refractivity contribution < 1.29 is 13.2 Å². The van der Waals surface area contributed by atoms with E-state index in [1.165, 1.54) is 9.87 Å². The second-order valence-electron chi connectivity index (χ2n) is 7.02. The first-order valence-corrected chi connectivity index (χ1v) is 11.2. The number of hydrogen-bond acceptors (Lipinski definition) is 4. The molecule has 1 unspecified atom stereocenters. The number of benzene rings is 2. The maximum absolute atomic E-state index is 12.6. The molecule has 0 heterocycles. The fraction of sp³-hybridized carbons (Fsp3) is 0.455. The SMILES string of the molecule is CCN(CC)S(=O)(=O)c1ccc(C(C)NCc2cc(C)c(OC)c(C)c2)cc1. The summed E-state index contributed by atoms with van der Waals surface area (Å²) in [6.45, 7) is 11.6. The zero-order valence-corrected chi connectivity index (χ0v) is 18.6. The van der Waals surface area contributed by atoms with Crippen molar-refractivity contribution in [3.05, 3.63) is 58.7 Å². The molecule has 0 saturated heterocycles. The number of methoxy groups -OCH3 is 1. The molecule has 6 heteroatoms. The number of rotatable bonds is 9. The highest BCUT2D eigenvalue weighted by atomic mass is 32.2. The lowest BCUT2D eigenvalue weighted by Crippen LogP contribution is -2.30. The van der Waals surface area contributed by atoms with Gasteiger partial charge in [-0.25, -0.2) is 8.42 Å². The van der Waals surface area contributed by atoms with E-state index in [0.717, 1.165) is 29.0 Å². The first-order valence-electron chi connectivity index (χ1n) is 9.72. The summed E-state index contributed by atoms with van der Waals surface area (Å²) < 4.78 is 32.1. The molecule has 2 rings (SSSR count). The van der Waals surface area contributed by atoms with Crippen LogP contribution in [0.15, 0.2) is 41.3 Å². The lowest BCUT2D eigenvalue weighted by atomic mass is 10.0. The first kappa shape index (κ1) is 22.4. The van der Waals surface area contributed by atoms with Gasteiger partial charge in [0.15, 0.2) is 0 Å². The van der Waals surface area contributed by atoms with Gasteiger partial charge in [0.1, 0.15) is 5.75 Å². The van der Waals surface area contributed by atoms with Gasteiger partial charge >= 0.3 is 0 Å². The molecule has 0 aliphatic rings. The van der Waals surface area contributed by atoms with E-state index in [4.69, 9.17) is 4.74 Å². The third kappa shape index (κ3) is 4.93. The molecule has 0 amide bonds. The van der Waals surface area contributed by atoms with Crippen molar-refractivity contribution in [1.82, 2.24) is 9.62 Å². The van der Waals surface area contributed by atoms with Gasteiger partial charge in [-0.2, -0.15) is 4.31 Å². The number of nitrogens with zero attached hydrogens (tertiary/aromatic N) is 1. The molecule has 1 N–H and O–H groups in total. The van der Waals surface area contributed by atoms with Crippen LogP contribution >= 0.6 is 0 Å². The molecule has 0 radical (unpaired) electrons. The highest BCUT2D eigenvalue weighted by Gasteiger charge is 2.21. The van der Waals surface area contributed by atoms with Crippen LogP contribution in [0, 0.1) is 13.8 Å². The summed E-state index contributed by atoms with van der Waals surface area (Å²) in [4.78, 5) is 0.341. The van der Waals surface area contributed by atoms with Gasteiger partial charge in [0, 0.05) is 25.7 Å². The number of ether oxygens (including phenoxy) is 1. The van der Waals surface area contributed by atoms with Crippen LogP contribution in [-0.2, 0) is 16.6 Å². The molecule has 0 aromatic heterocycles. The zero-order chi connectivity index (χ0) is 20.9. The molecular formula is C22H32N2O3S. The molecule has 2 aromatic carbocycles. The normalized spacial score (nSPS) is 13.0. The van der Waals surface area contributed by atoms with E-state index in [9.17, 15) is 8.42 Å². The van der Waals surface area contributed by atoms with Gasteiger partial charge in [-0.15, -0.1) is 0 Å². The Bertz CT molecular complexity index is 865. The van der Waals surface area contributed by atoms with Crippen molar-refractivity contribution in [3.8, 4) is 5.75 Å². The monoisotopic (exact) mass is 404 g/mol. The molecule has 5 nitrogen and oxygen atoms in total. The van der Waals surface area contributed by atoms with Crippen LogP contribution in [0.2, 0.25) is 0 Å². The zero-order valence-electron chi connectivity index (χ0n) is 17.7. The van der Waals surface area contributed by atoms with E-state index in [0.29, 0.717) is 18.0 Å². The fourth-order valence-electron chi connectivity index (χ4n) is 3.49. The second kappa shape index (κ2) is 9.54. The average molecular weight is 405 g/mol. The standard InChI is InChI=1S/C22H32N2O3S/c1-7-24(8-2)28(25,26)21-11-9-20(10-12-21)18(5)23-15-19-13-16(3)22(27-6)17(4)14-19/h9-14,18,23H,7-8,15H2,1-6H3. The van der Waals surface area contributed by atoms with Gasteiger partial charge in [0.2, 0.25) is 10.0 Å². The van der Waals surface area contributed by atoms with Crippen molar-refractivity contribution in [3.63, 3.8) is 0 Å². The Labute approximate surface area is 169 Å². The highest BCUT2D eigenvalue weighted by Crippen LogP contribution is 2.25. The Hall–Kier alpha value is -1.89. The molecular weight excluding hydrogens is 372 g/mol. The maximum atomic E-state index is 12.6. The predicted octanol–water partition coefficient (Wildman–Crippen LogP) is 4.19. The van der Waals surface area contributed by atoms with Crippen LogP contribution < -0.4 is 10.1 Å². The van der Waals surface area contributed by atoms with E-state index in [2.05, 4.69) is 24.4 Å². The summed E-state index contributed by atoms with van der Waals surface area (Å²) in [6, 6.07) is 11.5. The van der Waals surface area contributed by atoms with Crippen molar-refractivity contribution >= 4 is 10.0 Å². The summed E-state index contributed by atoms with van der Waals surface area (Å²) >= 11 is 0. The van der Waals surface area contributed by atoms with E-state index in [1.54, 1.807) is 19.2 Å². The van der Waals surface area contributed by atoms with Gasteiger partial charge in [-0.1, -0.05) is 38.1 Å². The minimum absolute atomic E-state index is 0.105. The minimum Gasteiger partial charge on any atom is -0.496 e. The molecule has 0 spiro atoms. The van der Waals surface area contributed by atoms with E-state index in [1.807, 2.05) is 39.8 Å². The Morgan fingerprint density at radius 3 is 2.04 bits per heavy atom. The maximum Gasteiger partial charge on any atom is 0.243 e. The van der Waals surface area contributed by atoms with Crippen LogP contribution in [0.3, 0.4) is 0 Å². The van der Waals surface area contributed by atoms with Crippen molar-refractivity contribution in [2.45, 2.75) is 52.1 Å². The van der Waals surface area contributed by atoms with E-state index >= 15 is 0 Å². The van der Waals surface area contributed by atoms with Crippen molar-refractivity contribution in [2.24, 2.45) is 0 Å². The van der Waals surface area contributed by atoms with Crippen LogP contribution in [-0.4, -0.2) is 32.9 Å². The summed E-state index contributed by atoms with van der Waals surface area (Å²) in [5.41, 5.74) is 4.50. The Balaban J connectivity index is 2.09. The summed E-state index contributed by atoms with van der Waals surface area (Å²) in [5, 5.41) is 3.51. The molecule has 0 aliphatic heterocycles. The van der Waals surface area contributed by atoms with E-state index < -0.39 is 10.0 Å². The Morgan fingerprint density at radius 2 is 1.57 bits per heavy atom. The summed E-state index contributed by atoms with van der Waals surface area (Å²) in [6.07, 6.45) is 0. The predicted molar refractivity (Wildman–Crippen MR) is 114 cm³/mol. The van der Waals surface area contributed by atoms with Gasteiger partial charge in [0.25, 0.3) is 0 Å². The molecule has 0 saturated carbocycles. The number of aryl methyl sites for hydroxylation is 2. The Morgan fingerprint density at radius 1 is 1.04 bits per heavy atom. The fourth-order valence-corrected chi connectivity index (χ4v) is 4.95. The topological polar surface area (TPSA) is 58.6 Å². The Kier molecular flexibility index (Phi) is 7.63. The number of hydrogen-bond donors (Lipinski definition) is 1. The smallest absolute Gasteiger partial charge is 0.243 e. The third-order valence-corrected chi connectivity index (χ3v) is 7.12. The third-order valence-electron chi connectivity index (χ3n) is 5.06. The highest BCUT2D eigenvalue weighted by molar-refractivity contribution is 7.89. The van der Waals surface area contributed by atoms with Gasteiger partial charge in [0.05, 0.1) is 12.0 Å². The van der Waals surface area contributed by atoms with E-state index in [-0.39, 0.29) is 6.04 Å². The molecule has 2 aromatic rings. The molecule has 1 atom stereocenters. The van der Waals surface area contributed by atoms with Gasteiger partial charge < -0.3 is 10.1 Å². The summed E-state index contributed by atoms with van der Waals surface area (Å²) in [7, 11) is -1.72.